The molecule has 1 aliphatic carbocycles. The molecular formula is C14H29NO2. The maximum atomic E-state index is 9.59. The SMILES string of the molecule is CCC(CO)(CCCOC1CCC1)NC(C)C. The number of aliphatic hydroxyl groups excluding tert-OH is 1. The topological polar surface area (TPSA) is 41.5 Å². The Labute approximate surface area is 106 Å². The first-order valence-corrected chi connectivity index (χ1v) is 7.12. The summed E-state index contributed by atoms with van der Waals surface area (Å²) >= 11 is 0. The molecule has 0 heterocycles. The fourth-order valence-corrected chi connectivity index (χ4v) is 2.40. The van der Waals surface area contributed by atoms with E-state index in [2.05, 4.69) is 26.1 Å². The van der Waals surface area contributed by atoms with E-state index >= 15 is 0 Å². The van der Waals surface area contributed by atoms with E-state index < -0.39 is 0 Å². The van der Waals surface area contributed by atoms with Gasteiger partial charge in [-0.2, -0.15) is 0 Å². The van der Waals surface area contributed by atoms with Crippen LogP contribution in [0.25, 0.3) is 0 Å². The van der Waals surface area contributed by atoms with Crippen LogP contribution < -0.4 is 5.32 Å². The Bertz CT molecular complexity index is 198. The zero-order valence-electron chi connectivity index (χ0n) is 11.7. The highest BCUT2D eigenvalue weighted by atomic mass is 16.5. The molecule has 102 valence electrons. The molecule has 3 heteroatoms. The third-order valence-electron chi connectivity index (χ3n) is 3.78. The van der Waals surface area contributed by atoms with Gasteiger partial charge in [-0.1, -0.05) is 20.8 Å². The number of rotatable bonds is 9. The molecule has 0 spiro atoms. The molecule has 2 N–H and O–H groups in total. The molecule has 1 fully saturated rings. The molecule has 0 aromatic carbocycles. The van der Waals surface area contributed by atoms with Crippen LogP contribution in [0.15, 0.2) is 0 Å². The molecule has 0 aromatic rings. The monoisotopic (exact) mass is 243 g/mol. The second kappa shape index (κ2) is 7.34. The van der Waals surface area contributed by atoms with E-state index in [0.29, 0.717) is 12.1 Å². The first-order chi connectivity index (χ1) is 8.12. The van der Waals surface area contributed by atoms with E-state index in [1.807, 2.05) is 0 Å². The zero-order valence-corrected chi connectivity index (χ0v) is 11.7. The Morgan fingerprint density at radius 3 is 2.53 bits per heavy atom. The zero-order chi connectivity index (χ0) is 12.7. The van der Waals surface area contributed by atoms with Gasteiger partial charge in [-0.05, 0) is 38.5 Å². The van der Waals surface area contributed by atoms with Gasteiger partial charge in [0.1, 0.15) is 0 Å². The second-order valence-corrected chi connectivity index (χ2v) is 5.62. The van der Waals surface area contributed by atoms with Crippen molar-refractivity contribution in [3.8, 4) is 0 Å². The van der Waals surface area contributed by atoms with E-state index in [1.165, 1.54) is 19.3 Å². The van der Waals surface area contributed by atoms with Gasteiger partial charge in [0.15, 0.2) is 0 Å². The van der Waals surface area contributed by atoms with Crippen molar-refractivity contribution in [2.75, 3.05) is 13.2 Å². The van der Waals surface area contributed by atoms with Crippen LogP contribution in [0.5, 0.6) is 0 Å². The van der Waals surface area contributed by atoms with E-state index in [4.69, 9.17) is 4.74 Å². The van der Waals surface area contributed by atoms with Crippen molar-refractivity contribution in [2.24, 2.45) is 0 Å². The van der Waals surface area contributed by atoms with Crippen molar-refractivity contribution in [3.63, 3.8) is 0 Å². The van der Waals surface area contributed by atoms with Crippen LogP contribution in [0.2, 0.25) is 0 Å². The Morgan fingerprint density at radius 1 is 1.41 bits per heavy atom. The third kappa shape index (κ3) is 4.94. The smallest absolute Gasteiger partial charge is 0.0613 e. The lowest BCUT2D eigenvalue weighted by molar-refractivity contribution is -0.00357. The molecule has 0 saturated heterocycles. The fraction of sp³-hybridized carbons (Fsp3) is 1.00. The molecule has 0 bridgehead atoms. The average Bonchev–Trinajstić information content (AvgIpc) is 2.24. The lowest BCUT2D eigenvalue weighted by atomic mass is 9.90. The fourth-order valence-electron chi connectivity index (χ4n) is 2.40. The van der Waals surface area contributed by atoms with Gasteiger partial charge < -0.3 is 15.2 Å². The maximum absolute atomic E-state index is 9.59. The molecule has 1 saturated carbocycles. The largest absolute Gasteiger partial charge is 0.394 e. The summed E-state index contributed by atoms with van der Waals surface area (Å²) in [7, 11) is 0. The van der Waals surface area contributed by atoms with Gasteiger partial charge in [0.25, 0.3) is 0 Å². The minimum absolute atomic E-state index is 0.114. The Morgan fingerprint density at radius 2 is 2.12 bits per heavy atom. The molecule has 0 aliphatic heterocycles. The van der Waals surface area contributed by atoms with Crippen molar-refractivity contribution in [2.45, 2.75) is 77.0 Å². The Hall–Kier alpha value is -0.120. The van der Waals surface area contributed by atoms with Gasteiger partial charge in [-0.15, -0.1) is 0 Å². The number of hydrogen-bond donors (Lipinski definition) is 2. The van der Waals surface area contributed by atoms with Crippen LogP contribution in [-0.4, -0.2) is 36.0 Å². The van der Waals surface area contributed by atoms with Crippen LogP contribution in [0.1, 0.15) is 59.3 Å². The summed E-state index contributed by atoms with van der Waals surface area (Å²) in [5, 5.41) is 13.1. The summed E-state index contributed by atoms with van der Waals surface area (Å²) in [4.78, 5) is 0. The maximum Gasteiger partial charge on any atom is 0.0613 e. The van der Waals surface area contributed by atoms with Gasteiger partial charge in [0.05, 0.1) is 12.7 Å². The quantitative estimate of drug-likeness (QED) is 0.611. The van der Waals surface area contributed by atoms with Crippen LogP contribution in [-0.2, 0) is 4.74 Å². The van der Waals surface area contributed by atoms with Crippen LogP contribution in [0.4, 0.5) is 0 Å². The summed E-state index contributed by atoms with van der Waals surface area (Å²) < 4.78 is 5.76. The van der Waals surface area contributed by atoms with E-state index in [-0.39, 0.29) is 12.1 Å². The van der Waals surface area contributed by atoms with E-state index in [9.17, 15) is 5.11 Å². The minimum atomic E-state index is -0.114. The standard InChI is InChI=1S/C14H29NO2/c1-4-14(11-16,15-12(2)3)9-6-10-17-13-7-5-8-13/h12-13,15-16H,4-11H2,1-3H3. The summed E-state index contributed by atoms with van der Waals surface area (Å²) in [6, 6.07) is 0.412. The third-order valence-corrected chi connectivity index (χ3v) is 3.78. The Kier molecular flexibility index (Phi) is 6.45. The summed E-state index contributed by atoms with van der Waals surface area (Å²) in [6.07, 6.45) is 7.32. The lowest BCUT2D eigenvalue weighted by Crippen LogP contribution is -2.51. The molecule has 1 unspecified atom stereocenters. The van der Waals surface area contributed by atoms with Gasteiger partial charge in [-0.25, -0.2) is 0 Å². The molecule has 0 aromatic heterocycles. The molecule has 1 rings (SSSR count). The van der Waals surface area contributed by atoms with Gasteiger partial charge in [-0.3, -0.25) is 0 Å². The van der Waals surface area contributed by atoms with Crippen molar-refractivity contribution >= 4 is 0 Å². The number of aliphatic hydroxyl groups is 1. The van der Waals surface area contributed by atoms with E-state index in [1.54, 1.807) is 0 Å². The van der Waals surface area contributed by atoms with E-state index in [0.717, 1.165) is 25.9 Å². The lowest BCUT2D eigenvalue weighted by Gasteiger charge is -2.34. The molecule has 0 amide bonds. The first kappa shape index (κ1) is 14.9. The molecule has 17 heavy (non-hydrogen) atoms. The minimum Gasteiger partial charge on any atom is -0.394 e. The second-order valence-electron chi connectivity index (χ2n) is 5.62. The van der Waals surface area contributed by atoms with Crippen LogP contribution in [0.3, 0.4) is 0 Å². The van der Waals surface area contributed by atoms with Crippen molar-refractivity contribution in [1.82, 2.24) is 5.32 Å². The van der Waals surface area contributed by atoms with Crippen LogP contribution in [0, 0.1) is 0 Å². The van der Waals surface area contributed by atoms with Crippen molar-refractivity contribution in [1.29, 1.82) is 0 Å². The summed E-state index contributed by atoms with van der Waals surface area (Å²) in [5.41, 5.74) is -0.114. The predicted molar refractivity (Wildman–Crippen MR) is 71.2 cm³/mol. The van der Waals surface area contributed by atoms with Crippen LogP contribution >= 0.6 is 0 Å². The first-order valence-electron chi connectivity index (χ1n) is 7.12. The highest BCUT2D eigenvalue weighted by Crippen LogP contribution is 2.23. The number of hydrogen-bond acceptors (Lipinski definition) is 3. The van der Waals surface area contributed by atoms with Gasteiger partial charge in [0, 0.05) is 18.2 Å². The Balaban J connectivity index is 2.22. The predicted octanol–water partition coefficient (Wildman–Crippen LogP) is 2.47. The molecule has 1 atom stereocenters. The number of nitrogens with one attached hydrogen (secondary N) is 1. The molecular weight excluding hydrogens is 214 g/mol. The highest BCUT2D eigenvalue weighted by molar-refractivity contribution is 4.87. The van der Waals surface area contributed by atoms with Crippen molar-refractivity contribution in [3.05, 3.63) is 0 Å². The molecule has 1 aliphatic rings. The summed E-state index contributed by atoms with van der Waals surface area (Å²) in [5.74, 6) is 0. The van der Waals surface area contributed by atoms with Crippen molar-refractivity contribution < 1.29 is 9.84 Å². The van der Waals surface area contributed by atoms with Gasteiger partial charge >= 0.3 is 0 Å². The molecule has 0 radical (unpaired) electrons. The normalized spacial score (nSPS) is 20.3. The van der Waals surface area contributed by atoms with Gasteiger partial charge in [0.2, 0.25) is 0 Å². The summed E-state index contributed by atoms with van der Waals surface area (Å²) in [6.45, 7) is 7.45. The highest BCUT2D eigenvalue weighted by Gasteiger charge is 2.27. The molecule has 3 nitrogen and oxygen atoms in total. The average molecular weight is 243 g/mol. The number of ether oxygens (including phenoxy) is 1.